The van der Waals surface area contributed by atoms with Gasteiger partial charge >= 0.3 is 47.6 Å². The number of Topliss-reactive ketones (excluding diaryl/α,β-unsaturated/α-hetero) is 1. The molecule has 18 heteroatoms. The molecular weight excluding hydrogens is 699 g/mol. The van der Waals surface area contributed by atoms with E-state index in [1.54, 1.807) is 0 Å². The van der Waals surface area contributed by atoms with Crippen molar-refractivity contribution in [2.45, 2.75) is 125 Å². The lowest BCUT2D eigenvalue weighted by molar-refractivity contribution is -0.459. The molecule has 2 fully saturated rings. The third-order valence-electron chi connectivity index (χ3n) is 9.68. The van der Waals surface area contributed by atoms with Gasteiger partial charge in [0.05, 0.1) is 0 Å². The average molecular weight is 731 g/mol. The fraction of sp³-hybridized carbons (Fsp3) is 0.767. The molecular formula is C30H31F17O. The van der Waals surface area contributed by atoms with Crippen molar-refractivity contribution in [3.8, 4) is 0 Å². The second kappa shape index (κ2) is 13.1. The van der Waals surface area contributed by atoms with Crippen LogP contribution in [0, 0.1) is 17.8 Å². The van der Waals surface area contributed by atoms with Crippen LogP contribution >= 0.6 is 0 Å². The van der Waals surface area contributed by atoms with E-state index in [1.165, 1.54) is 0 Å². The van der Waals surface area contributed by atoms with Crippen LogP contribution in [0.1, 0.15) is 93.0 Å². The van der Waals surface area contributed by atoms with E-state index >= 15 is 0 Å². The van der Waals surface area contributed by atoms with Gasteiger partial charge in [-0.3, -0.25) is 4.79 Å². The van der Waals surface area contributed by atoms with Crippen molar-refractivity contribution in [3.05, 3.63) is 35.4 Å². The molecule has 0 unspecified atom stereocenters. The van der Waals surface area contributed by atoms with Crippen molar-refractivity contribution in [1.29, 1.82) is 0 Å². The summed E-state index contributed by atoms with van der Waals surface area (Å²) in [5.74, 6) is -59.9. The maximum absolute atomic E-state index is 14.5. The summed E-state index contributed by atoms with van der Waals surface area (Å²) in [6.45, 7) is 2.12. The van der Waals surface area contributed by atoms with Crippen LogP contribution in [-0.2, 0) is 0 Å². The maximum Gasteiger partial charge on any atom is 0.460 e. The fourth-order valence-corrected chi connectivity index (χ4v) is 6.67. The fourth-order valence-electron chi connectivity index (χ4n) is 6.67. The number of carbonyl (C=O) groups is 1. The van der Waals surface area contributed by atoms with Crippen molar-refractivity contribution in [3.63, 3.8) is 0 Å². The topological polar surface area (TPSA) is 17.1 Å². The van der Waals surface area contributed by atoms with Crippen LogP contribution in [-0.4, -0.2) is 53.4 Å². The van der Waals surface area contributed by atoms with Gasteiger partial charge in [0.2, 0.25) is 5.78 Å². The van der Waals surface area contributed by atoms with Gasteiger partial charge in [0, 0.05) is 5.56 Å². The highest BCUT2D eigenvalue weighted by Gasteiger charge is 2.95. The molecule has 2 aliphatic carbocycles. The summed E-state index contributed by atoms with van der Waals surface area (Å²) in [5.41, 5.74) is -1.14. The number of hydrogen-bond acceptors (Lipinski definition) is 1. The molecule has 0 radical (unpaired) electrons. The highest BCUT2D eigenvalue weighted by molar-refractivity contribution is 6.02. The van der Waals surface area contributed by atoms with E-state index in [-0.39, 0.29) is 5.92 Å². The first-order chi connectivity index (χ1) is 21.6. The van der Waals surface area contributed by atoms with E-state index in [9.17, 15) is 79.4 Å². The minimum Gasteiger partial charge on any atom is -0.287 e. The number of benzene rings is 1. The minimum atomic E-state index is -8.74. The zero-order valence-electron chi connectivity index (χ0n) is 25.0. The predicted octanol–water partition coefficient (Wildman–Crippen LogP) is 11.8. The minimum absolute atomic E-state index is 0.203. The van der Waals surface area contributed by atoms with Gasteiger partial charge in [-0.05, 0) is 67.8 Å². The Hall–Kier alpha value is -2.30. The van der Waals surface area contributed by atoms with Gasteiger partial charge in [0.25, 0.3) is 0 Å². The number of alkyl halides is 17. The molecule has 0 heterocycles. The Balaban J connectivity index is 1.78. The van der Waals surface area contributed by atoms with Crippen LogP contribution in [0.15, 0.2) is 24.3 Å². The lowest BCUT2D eigenvalue weighted by Gasteiger charge is -2.42. The average Bonchev–Trinajstić information content (AvgIpc) is 3.00. The molecule has 0 aliphatic heterocycles. The molecule has 1 aromatic carbocycles. The summed E-state index contributed by atoms with van der Waals surface area (Å²) in [6.07, 6.45) is 1.66. The van der Waals surface area contributed by atoms with Gasteiger partial charge in [-0.15, -0.1) is 0 Å². The number of rotatable bonds is 12. The number of halogens is 17. The van der Waals surface area contributed by atoms with Crippen molar-refractivity contribution in [2.75, 3.05) is 0 Å². The van der Waals surface area contributed by atoms with Crippen molar-refractivity contribution < 1.29 is 79.4 Å². The Morgan fingerprint density at radius 1 is 0.542 bits per heavy atom. The Kier molecular flexibility index (Phi) is 11.0. The molecule has 3 rings (SSSR count). The molecule has 0 amide bonds. The molecule has 0 N–H and O–H groups in total. The molecule has 2 aliphatic rings. The summed E-state index contributed by atoms with van der Waals surface area (Å²) < 4.78 is 231. The van der Waals surface area contributed by atoms with Crippen LogP contribution in [0.25, 0.3) is 0 Å². The molecule has 0 atom stereocenters. The lowest BCUT2D eigenvalue weighted by Crippen LogP contribution is -2.75. The van der Waals surface area contributed by atoms with Crippen molar-refractivity contribution in [1.82, 2.24) is 0 Å². The summed E-state index contributed by atoms with van der Waals surface area (Å²) in [5, 5.41) is 0. The zero-order valence-corrected chi connectivity index (χ0v) is 25.0. The predicted molar refractivity (Wildman–Crippen MR) is 137 cm³/mol. The van der Waals surface area contributed by atoms with Gasteiger partial charge in [-0.2, -0.15) is 74.6 Å². The quantitative estimate of drug-likeness (QED) is 0.155. The summed E-state index contributed by atoms with van der Waals surface area (Å²) in [6, 6.07) is 2.80. The van der Waals surface area contributed by atoms with Gasteiger partial charge in [-0.25, -0.2) is 0 Å². The van der Waals surface area contributed by atoms with E-state index in [0.717, 1.165) is 63.5 Å². The van der Waals surface area contributed by atoms with Crippen LogP contribution < -0.4 is 0 Å². The van der Waals surface area contributed by atoms with Gasteiger partial charge in [-0.1, -0.05) is 56.9 Å². The number of carbonyl (C=O) groups excluding carboxylic acids is 1. The van der Waals surface area contributed by atoms with Crippen LogP contribution in [0.2, 0.25) is 0 Å². The maximum atomic E-state index is 14.5. The SMILES string of the molecule is CCCC1CCC(C2CCC(c3ccc(C(=O)C(F)(F)C(F)(F)C(F)(F)C(F)(F)C(F)(F)C(F)(F)C(F)(F)C(F)(F)F)cc3)CC2)CC1. The molecule has 0 aromatic heterocycles. The Morgan fingerprint density at radius 3 is 1.31 bits per heavy atom. The summed E-state index contributed by atoms with van der Waals surface area (Å²) in [4.78, 5) is 12.2. The molecule has 276 valence electrons. The summed E-state index contributed by atoms with van der Waals surface area (Å²) >= 11 is 0. The smallest absolute Gasteiger partial charge is 0.287 e. The summed E-state index contributed by atoms with van der Waals surface area (Å²) in [7, 11) is 0. The van der Waals surface area contributed by atoms with E-state index in [4.69, 9.17) is 0 Å². The van der Waals surface area contributed by atoms with E-state index in [0.29, 0.717) is 48.3 Å². The van der Waals surface area contributed by atoms with Crippen LogP contribution in [0.5, 0.6) is 0 Å². The molecule has 0 saturated heterocycles. The van der Waals surface area contributed by atoms with Gasteiger partial charge in [0.15, 0.2) is 0 Å². The van der Waals surface area contributed by atoms with Crippen molar-refractivity contribution >= 4 is 5.78 Å². The van der Waals surface area contributed by atoms with Crippen LogP contribution in [0.4, 0.5) is 74.6 Å². The third-order valence-corrected chi connectivity index (χ3v) is 9.68. The molecule has 0 spiro atoms. The molecule has 0 bridgehead atoms. The van der Waals surface area contributed by atoms with E-state index in [1.807, 2.05) is 0 Å². The molecule has 48 heavy (non-hydrogen) atoms. The first-order valence-electron chi connectivity index (χ1n) is 15.0. The van der Waals surface area contributed by atoms with Gasteiger partial charge in [0.1, 0.15) is 0 Å². The highest BCUT2D eigenvalue weighted by atomic mass is 19.4. The zero-order chi connectivity index (χ0) is 36.9. The molecule has 1 aromatic rings. The second-order valence-corrected chi connectivity index (χ2v) is 12.7. The Morgan fingerprint density at radius 2 is 0.917 bits per heavy atom. The number of ketones is 1. The van der Waals surface area contributed by atoms with Crippen molar-refractivity contribution in [2.24, 2.45) is 17.8 Å². The second-order valence-electron chi connectivity index (χ2n) is 12.7. The van der Waals surface area contributed by atoms with Crippen LogP contribution in [0.3, 0.4) is 0 Å². The lowest BCUT2D eigenvalue weighted by atomic mass is 9.68. The number of hydrogen-bond donors (Lipinski definition) is 0. The normalized spacial score (nSPS) is 24.5. The molecule has 1 nitrogen and oxygen atoms in total. The Labute approximate surface area is 263 Å². The van der Waals surface area contributed by atoms with E-state index in [2.05, 4.69) is 6.92 Å². The highest BCUT2D eigenvalue weighted by Crippen LogP contribution is 2.64. The third kappa shape index (κ3) is 6.39. The largest absolute Gasteiger partial charge is 0.460 e. The monoisotopic (exact) mass is 730 g/mol. The van der Waals surface area contributed by atoms with Gasteiger partial charge < -0.3 is 0 Å². The Bertz CT molecular complexity index is 1250. The van der Waals surface area contributed by atoms with E-state index < -0.39 is 59.0 Å². The first-order valence-corrected chi connectivity index (χ1v) is 15.0. The standard InChI is InChI=1S/C30H31F17O/c1-2-3-16-4-6-17(7-5-16)18-8-10-19(11-9-18)20-12-14-21(15-13-20)22(48)23(31,32)24(33,34)25(35,36)26(37,38)27(39,40)28(41,42)29(43,44)30(45,46)47/h12-19H,2-11H2,1H3. The first kappa shape index (κ1) is 40.1. The molecule has 2 saturated carbocycles.